The van der Waals surface area contributed by atoms with Gasteiger partial charge < -0.3 is 19.7 Å². The minimum atomic E-state index is -0.234. The molecule has 1 aliphatic carbocycles. The van der Waals surface area contributed by atoms with Crippen LogP contribution in [-0.2, 0) is 6.54 Å². The molecule has 2 heterocycles. The van der Waals surface area contributed by atoms with Gasteiger partial charge in [0.25, 0.3) is 0 Å². The Morgan fingerprint density at radius 2 is 2.08 bits per heavy atom. The van der Waals surface area contributed by atoms with Gasteiger partial charge in [0.2, 0.25) is 0 Å². The Morgan fingerprint density at radius 1 is 1.23 bits per heavy atom. The standard InChI is InChI=1S/C20H24N4O2/c1-13-9-15(10-17(13)25)24-8-7-16-19(22-12-23-20(16)24)21-11-14-5-3-4-6-18(14)26-2/h3-8,12-13,15,17,25H,9-11H2,1-2H3,(H,21,22,23)/t13-,15+,17-/m0/s1. The molecule has 1 aromatic carbocycles. The van der Waals surface area contributed by atoms with E-state index in [1.807, 2.05) is 24.3 Å². The molecule has 2 N–H and O–H groups in total. The first-order chi connectivity index (χ1) is 12.7. The van der Waals surface area contributed by atoms with E-state index in [2.05, 4.69) is 39.0 Å². The molecule has 0 saturated heterocycles. The Labute approximate surface area is 152 Å². The lowest BCUT2D eigenvalue weighted by molar-refractivity contribution is 0.139. The molecule has 1 aliphatic rings. The van der Waals surface area contributed by atoms with Gasteiger partial charge in [-0.15, -0.1) is 0 Å². The Bertz CT molecular complexity index is 898. The van der Waals surface area contributed by atoms with Gasteiger partial charge in [-0.3, -0.25) is 0 Å². The smallest absolute Gasteiger partial charge is 0.145 e. The molecule has 26 heavy (non-hydrogen) atoms. The lowest BCUT2D eigenvalue weighted by Gasteiger charge is -2.14. The van der Waals surface area contributed by atoms with Crippen LogP contribution in [0, 0.1) is 5.92 Å². The lowest BCUT2D eigenvalue weighted by Crippen LogP contribution is -2.09. The SMILES string of the molecule is COc1ccccc1CNc1ncnc2c1ccn2[C@@H]1C[C@H](C)[C@@H](O)C1. The first-order valence-corrected chi connectivity index (χ1v) is 9.02. The summed E-state index contributed by atoms with van der Waals surface area (Å²) < 4.78 is 7.59. The molecule has 6 heteroatoms. The molecule has 2 aromatic heterocycles. The zero-order valence-electron chi connectivity index (χ0n) is 15.1. The quantitative estimate of drug-likeness (QED) is 0.736. The molecule has 4 rings (SSSR count). The molecule has 3 aromatic rings. The Morgan fingerprint density at radius 3 is 2.85 bits per heavy atom. The fourth-order valence-corrected chi connectivity index (χ4v) is 3.86. The number of para-hydroxylation sites is 1. The summed E-state index contributed by atoms with van der Waals surface area (Å²) in [6.45, 7) is 2.73. The van der Waals surface area contributed by atoms with Gasteiger partial charge in [0.15, 0.2) is 0 Å². The number of anilines is 1. The topological polar surface area (TPSA) is 72.2 Å². The van der Waals surface area contributed by atoms with Gasteiger partial charge >= 0.3 is 0 Å². The molecule has 0 bridgehead atoms. The second-order valence-electron chi connectivity index (χ2n) is 7.02. The van der Waals surface area contributed by atoms with E-state index in [1.165, 1.54) is 0 Å². The zero-order chi connectivity index (χ0) is 18.1. The lowest BCUT2D eigenvalue weighted by atomic mass is 10.1. The van der Waals surface area contributed by atoms with Crippen molar-refractivity contribution in [1.82, 2.24) is 14.5 Å². The third kappa shape index (κ3) is 3.01. The Balaban J connectivity index is 1.59. The van der Waals surface area contributed by atoms with Crippen molar-refractivity contribution < 1.29 is 9.84 Å². The van der Waals surface area contributed by atoms with Gasteiger partial charge in [-0.1, -0.05) is 25.1 Å². The van der Waals surface area contributed by atoms with Crippen LogP contribution in [-0.4, -0.2) is 32.9 Å². The van der Waals surface area contributed by atoms with Crippen molar-refractivity contribution in [3.8, 4) is 5.75 Å². The van der Waals surface area contributed by atoms with Gasteiger partial charge in [-0.25, -0.2) is 9.97 Å². The van der Waals surface area contributed by atoms with Crippen LogP contribution in [0.3, 0.4) is 0 Å². The molecule has 136 valence electrons. The second kappa shape index (κ2) is 6.96. The predicted octanol–water partition coefficient (Wildman–Crippen LogP) is 3.38. The van der Waals surface area contributed by atoms with E-state index >= 15 is 0 Å². The minimum Gasteiger partial charge on any atom is -0.496 e. The molecule has 0 spiro atoms. The molecule has 3 atom stereocenters. The number of aliphatic hydroxyl groups excluding tert-OH is 1. The van der Waals surface area contributed by atoms with Crippen LogP contribution in [0.25, 0.3) is 11.0 Å². The monoisotopic (exact) mass is 352 g/mol. The van der Waals surface area contributed by atoms with Gasteiger partial charge in [0.05, 0.1) is 18.6 Å². The number of fused-ring (bicyclic) bond motifs is 1. The first-order valence-electron chi connectivity index (χ1n) is 9.02. The predicted molar refractivity (Wildman–Crippen MR) is 101 cm³/mol. The van der Waals surface area contributed by atoms with Crippen LogP contribution >= 0.6 is 0 Å². The van der Waals surface area contributed by atoms with E-state index in [1.54, 1.807) is 13.4 Å². The summed E-state index contributed by atoms with van der Waals surface area (Å²) in [5.74, 6) is 1.99. The summed E-state index contributed by atoms with van der Waals surface area (Å²) in [5, 5.41) is 14.5. The van der Waals surface area contributed by atoms with Gasteiger partial charge in [0, 0.05) is 24.3 Å². The van der Waals surface area contributed by atoms with Crippen LogP contribution in [0.2, 0.25) is 0 Å². The zero-order valence-corrected chi connectivity index (χ0v) is 15.1. The number of benzene rings is 1. The summed E-state index contributed by atoms with van der Waals surface area (Å²) >= 11 is 0. The van der Waals surface area contributed by atoms with Crippen LogP contribution in [0.15, 0.2) is 42.9 Å². The highest BCUT2D eigenvalue weighted by Gasteiger charge is 2.31. The Hall–Kier alpha value is -2.60. The molecule has 0 aliphatic heterocycles. The van der Waals surface area contributed by atoms with Crippen LogP contribution in [0.1, 0.15) is 31.4 Å². The third-order valence-electron chi connectivity index (χ3n) is 5.36. The van der Waals surface area contributed by atoms with E-state index in [0.29, 0.717) is 12.5 Å². The van der Waals surface area contributed by atoms with Crippen molar-refractivity contribution in [1.29, 1.82) is 0 Å². The molecule has 0 amide bonds. The molecule has 0 unspecified atom stereocenters. The highest BCUT2D eigenvalue weighted by Crippen LogP contribution is 2.37. The summed E-state index contributed by atoms with van der Waals surface area (Å²) in [6, 6.07) is 10.3. The molecular weight excluding hydrogens is 328 g/mol. The highest BCUT2D eigenvalue weighted by molar-refractivity contribution is 5.87. The van der Waals surface area contributed by atoms with Gasteiger partial charge in [0.1, 0.15) is 23.5 Å². The average molecular weight is 352 g/mol. The number of ether oxygens (including phenoxy) is 1. The third-order valence-corrected chi connectivity index (χ3v) is 5.36. The minimum absolute atomic E-state index is 0.234. The van der Waals surface area contributed by atoms with Crippen LogP contribution in [0.5, 0.6) is 5.75 Å². The molecule has 1 fully saturated rings. The van der Waals surface area contributed by atoms with E-state index in [4.69, 9.17) is 4.74 Å². The van der Waals surface area contributed by atoms with Crippen LogP contribution in [0.4, 0.5) is 5.82 Å². The molecule has 0 radical (unpaired) electrons. The number of nitrogens with zero attached hydrogens (tertiary/aromatic N) is 3. The Kier molecular flexibility index (Phi) is 4.51. The number of nitrogens with one attached hydrogen (secondary N) is 1. The first kappa shape index (κ1) is 16.8. The number of hydrogen-bond acceptors (Lipinski definition) is 5. The largest absolute Gasteiger partial charge is 0.496 e. The van der Waals surface area contributed by atoms with Crippen molar-refractivity contribution in [2.24, 2.45) is 5.92 Å². The normalized spacial score (nSPS) is 22.7. The maximum atomic E-state index is 10.1. The van der Waals surface area contributed by atoms with Crippen molar-refractivity contribution in [3.63, 3.8) is 0 Å². The summed E-state index contributed by atoms with van der Waals surface area (Å²) in [4.78, 5) is 8.91. The fourth-order valence-electron chi connectivity index (χ4n) is 3.86. The van der Waals surface area contributed by atoms with Crippen molar-refractivity contribution in [3.05, 3.63) is 48.4 Å². The summed E-state index contributed by atoms with van der Waals surface area (Å²) in [7, 11) is 1.68. The van der Waals surface area contributed by atoms with E-state index < -0.39 is 0 Å². The van der Waals surface area contributed by atoms with E-state index in [9.17, 15) is 5.11 Å². The van der Waals surface area contributed by atoms with Crippen molar-refractivity contribution >= 4 is 16.9 Å². The average Bonchev–Trinajstić information content (AvgIpc) is 3.24. The highest BCUT2D eigenvalue weighted by atomic mass is 16.5. The number of aromatic nitrogens is 3. The van der Waals surface area contributed by atoms with Gasteiger partial charge in [-0.2, -0.15) is 0 Å². The number of rotatable bonds is 5. The van der Waals surface area contributed by atoms with Crippen molar-refractivity contribution in [2.45, 2.75) is 38.5 Å². The maximum absolute atomic E-state index is 10.1. The van der Waals surface area contributed by atoms with E-state index in [0.717, 1.165) is 41.0 Å². The summed E-state index contributed by atoms with van der Waals surface area (Å²) in [5.41, 5.74) is 1.99. The fraction of sp³-hybridized carbons (Fsp3) is 0.400. The summed E-state index contributed by atoms with van der Waals surface area (Å²) in [6.07, 6.45) is 5.17. The molecule has 6 nitrogen and oxygen atoms in total. The van der Waals surface area contributed by atoms with E-state index in [-0.39, 0.29) is 12.1 Å². The number of aliphatic hydroxyl groups is 1. The number of methoxy groups -OCH3 is 1. The maximum Gasteiger partial charge on any atom is 0.145 e. The van der Waals surface area contributed by atoms with Crippen molar-refractivity contribution in [2.75, 3.05) is 12.4 Å². The van der Waals surface area contributed by atoms with Crippen LogP contribution < -0.4 is 10.1 Å². The molecular formula is C20H24N4O2. The molecule has 1 saturated carbocycles. The van der Waals surface area contributed by atoms with Gasteiger partial charge in [-0.05, 0) is 30.9 Å². The number of hydrogen-bond donors (Lipinski definition) is 2. The second-order valence-corrected chi connectivity index (χ2v) is 7.02.